The highest BCUT2D eigenvalue weighted by atomic mass is 16.2. The maximum Gasteiger partial charge on any atom is 0.239 e. The van der Waals surface area contributed by atoms with Crippen molar-refractivity contribution in [2.45, 2.75) is 58.0 Å². The van der Waals surface area contributed by atoms with E-state index in [2.05, 4.69) is 11.8 Å². The molecule has 0 bridgehead atoms. The van der Waals surface area contributed by atoms with Gasteiger partial charge in [-0.1, -0.05) is 6.42 Å². The summed E-state index contributed by atoms with van der Waals surface area (Å²) in [4.78, 5) is 16.6. The average molecular weight is 267 g/mol. The van der Waals surface area contributed by atoms with Gasteiger partial charge >= 0.3 is 0 Å². The van der Waals surface area contributed by atoms with Crippen LogP contribution in [0.1, 0.15) is 46.0 Å². The summed E-state index contributed by atoms with van der Waals surface area (Å²) in [7, 11) is 0. The van der Waals surface area contributed by atoms with Crippen molar-refractivity contribution in [3.8, 4) is 0 Å². The summed E-state index contributed by atoms with van der Waals surface area (Å²) in [6, 6.07) is 0.362. The molecule has 3 atom stereocenters. The number of likely N-dealkylation sites (tertiary alicyclic amines) is 2. The third-order valence-electron chi connectivity index (χ3n) is 4.65. The van der Waals surface area contributed by atoms with Crippen molar-refractivity contribution in [1.29, 1.82) is 0 Å². The zero-order valence-corrected chi connectivity index (χ0v) is 12.5. The first-order valence-corrected chi connectivity index (χ1v) is 7.86. The van der Waals surface area contributed by atoms with E-state index in [1.807, 2.05) is 4.90 Å². The minimum absolute atomic E-state index is 0.122. The van der Waals surface area contributed by atoms with Crippen LogP contribution in [-0.4, -0.2) is 54.0 Å². The minimum atomic E-state index is -0.354. The van der Waals surface area contributed by atoms with E-state index in [0.717, 1.165) is 26.1 Å². The first-order chi connectivity index (χ1) is 9.08. The first-order valence-electron chi connectivity index (χ1n) is 7.86. The molecule has 2 aliphatic heterocycles. The molecule has 2 N–H and O–H groups in total. The van der Waals surface area contributed by atoms with E-state index in [4.69, 9.17) is 5.73 Å². The Labute approximate surface area is 117 Å². The number of carbonyl (C=O) groups excluding carboxylic acids is 1. The highest BCUT2D eigenvalue weighted by molar-refractivity contribution is 5.81. The Bertz CT molecular complexity index is 306. The molecule has 0 aromatic heterocycles. The van der Waals surface area contributed by atoms with Gasteiger partial charge in [-0.15, -0.1) is 0 Å². The largest absolute Gasteiger partial charge is 0.341 e. The van der Waals surface area contributed by atoms with Crippen molar-refractivity contribution < 1.29 is 4.79 Å². The molecule has 2 heterocycles. The van der Waals surface area contributed by atoms with Crippen molar-refractivity contribution in [3.05, 3.63) is 0 Å². The molecule has 0 aromatic carbocycles. The third kappa shape index (κ3) is 3.93. The Morgan fingerprint density at radius 3 is 2.74 bits per heavy atom. The lowest BCUT2D eigenvalue weighted by Crippen LogP contribution is -2.50. The summed E-state index contributed by atoms with van der Waals surface area (Å²) in [6.07, 6.45) is 6.42. The summed E-state index contributed by atoms with van der Waals surface area (Å²) in [5.74, 6) is 0.758. The summed E-state index contributed by atoms with van der Waals surface area (Å²) in [6.45, 7) is 8.32. The van der Waals surface area contributed by atoms with Gasteiger partial charge in [0.15, 0.2) is 0 Å². The molecule has 4 heteroatoms. The number of hydrogen-bond donors (Lipinski definition) is 1. The van der Waals surface area contributed by atoms with Crippen LogP contribution in [0.4, 0.5) is 0 Å². The fraction of sp³-hybridized carbons (Fsp3) is 0.933. The van der Waals surface area contributed by atoms with Crippen molar-refractivity contribution >= 4 is 5.91 Å². The second-order valence-corrected chi connectivity index (χ2v) is 6.42. The van der Waals surface area contributed by atoms with Gasteiger partial charge in [0.25, 0.3) is 0 Å². The molecule has 0 radical (unpaired) electrons. The van der Waals surface area contributed by atoms with E-state index in [9.17, 15) is 4.79 Å². The van der Waals surface area contributed by atoms with E-state index in [-0.39, 0.29) is 11.9 Å². The molecule has 110 valence electrons. The predicted molar refractivity (Wildman–Crippen MR) is 77.8 cm³/mol. The highest BCUT2D eigenvalue weighted by Crippen LogP contribution is 2.23. The van der Waals surface area contributed by atoms with Gasteiger partial charge in [0.05, 0.1) is 6.04 Å². The molecule has 1 amide bonds. The molecule has 2 aliphatic rings. The lowest BCUT2D eigenvalue weighted by Gasteiger charge is -2.40. The molecular weight excluding hydrogens is 238 g/mol. The SMILES string of the molecule is C[C@@H](N)C(=O)N1CCC[C@H](CN2CCCC[C@@H]2C)C1. The van der Waals surface area contributed by atoms with Crippen molar-refractivity contribution in [1.82, 2.24) is 9.80 Å². The van der Waals surface area contributed by atoms with Crippen LogP contribution in [0.15, 0.2) is 0 Å². The number of carbonyl (C=O) groups is 1. The number of nitrogens with two attached hydrogens (primary N) is 1. The Morgan fingerprint density at radius 1 is 1.26 bits per heavy atom. The van der Waals surface area contributed by atoms with Gasteiger partial charge in [0, 0.05) is 25.7 Å². The molecule has 0 aliphatic carbocycles. The number of piperidine rings is 2. The fourth-order valence-corrected chi connectivity index (χ4v) is 3.46. The second kappa shape index (κ2) is 6.71. The summed E-state index contributed by atoms with van der Waals surface area (Å²) >= 11 is 0. The molecule has 2 saturated heterocycles. The molecular formula is C15H29N3O. The van der Waals surface area contributed by atoms with Crippen molar-refractivity contribution in [2.75, 3.05) is 26.2 Å². The average Bonchev–Trinajstić information content (AvgIpc) is 2.41. The second-order valence-electron chi connectivity index (χ2n) is 6.42. The van der Waals surface area contributed by atoms with E-state index < -0.39 is 0 Å². The third-order valence-corrected chi connectivity index (χ3v) is 4.65. The quantitative estimate of drug-likeness (QED) is 0.842. The molecule has 19 heavy (non-hydrogen) atoms. The number of amides is 1. The van der Waals surface area contributed by atoms with Crippen LogP contribution < -0.4 is 5.73 Å². The fourth-order valence-electron chi connectivity index (χ4n) is 3.46. The summed E-state index contributed by atoms with van der Waals surface area (Å²) in [5.41, 5.74) is 5.72. The first kappa shape index (κ1) is 14.8. The molecule has 0 saturated carbocycles. The standard InChI is InChI=1S/C15H29N3O/c1-12-6-3-4-8-17(12)10-14-7-5-9-18(11-14)15(19)13(2)16/h12-14H,3-11,16H2,1-2H3/t12-,13+,14+/m0/s1. The normalized spacial score (nSPS) is 31.2. The minimum Gasteiger partial charge on any atom is -0.341 e. The van der Waals surface area contributed by atoms with Crippen LogP contribution >= 0.6 is 0 Å². The van der Waals surface area contributed by atoms with Gasteiger partial charge in [-0.05, 0) is 52.0 Å². The summed E-state index contributed by atoms with van der Waals surface area (Å²) < 4.78 is 0. The van der Waals surface area contributed by atoms with Crippen molar-refractivity contribution in [2.24, 2.45) is 11.7 Å². The Balaban J connectivity index is 1.85. The lowest BCUT2D eigenvalue weighted by molar-refractivity contribution is -0.134. The van der Waals surface area contributed by atoms with Crippen LogP contribution in [-0.2, 0) is 4.79 Å². The molecule has 4 nitrogen and oxygen atoms in total. The summed E-state index contributed by atoms with van der Waals surface area (Å²) in [5, 5.41) is 0. The van der Waals surface area contributed by atoms with E-state index in [1.54, 1.807) is 6.92 Å². The van der Waals surface area contributed by atoms with E-state index in [1.165, 1.54) is 32.2 Å². The van der Waals surface area contributed by atoms with Gasteiger partial charge in [-0.2, -0.15) is 0 Å². The zero-order valence-electron chi connectivity index (χ0n) is 12.5. The van der Waals surface area contributed by atoms with Crippen molar-refractivity contribution in [3.63, 3.8) is 0 Å². The van der Waals surface area contributed by atoms with Crippen LogP contribution in [0.3, 0.4) is 0 Å². The maximum atomic E-state index is 12.0. The molecule has 2 rings (SSSR count). The van der Waals surface area contributed by atoms with Gasteiger partial charge < -0.3 is 15.5 Å². The van der Waals surface area contributed by atoms with Crippen LogP contribution in [0.2, 0.25) is 0 Å². The van der Waals surface area contributed by atoms with Gasteiger partial charge in [-0.25, -0.2) is 0 Å². The monoisotopic (exact) mass is 267 g/mol. The Kier molecular flexibility index (Phi) is 5.22. The van der Waals surface area contributed by atoms with Gasteiger partial charge in [0.2, 0.25) is 5.91 Å². The Morgan fingerprint density at radius 2 is 2.05 bits per heavy atom. The van der Waals surface area contributed by atoms with Crippen LogP contribution in [0.5, 0.6) is 0 Å². The molecule has 0 spiro atoms. The Hall–Kier alpha value is -0.610. The topological polar surface area (TPSA) is 49.6 Å². The number of rotatable bonds is 3. The van der Waals surface area contributed by atoms with Gasteiger partial charge in [-0.3, -0.25) is 4.79 Å². The smallest absolute Gasteiger partial charge is 0.239 e. The van der Waals surface area contributed by atoms with Gasteiger partial charge in [0.1, 0.15) is 0 Å². The molecule has 0 unspecified atom stereocenters. The van der Waals surface area contributed by atoms with E-state index >= 15 is 0 Å². The predicted octanol–water partition coefficient (Wildman–Crippen LogP) is 1.45. The lowest BCUT2D eigenvalue weighted by atomic mass is 9.94. The number of nitrogens with zero attached hydrogens (tertiary/aromatic N) is 2. The maximum absolute atomic E-state index is 12.0. The van der Waals surface area contributed by atoms with Crippen LogP contribution in [0, 0.1) is 5.92 Å². The highest BCUT2D eigenvalue weighted by Gasteiger charge is 2.28. The molecule has 2 fully saturated rings. The zero-order chi connectivity index (χ0) is 13.8. The van der Waals surface area contributed by atoms with Crippen LogP contribution in [0.25, 0.3) is 0 Å². The molecule has 0 aromatic rings. The van der Waals surface area contributed by atoms with E-state index in [0.29, 0.717) is 12.0 Å². The number of hydrogen-bond acceptors (Lipinski definition) is 3.